The lowest BCUT2D eigenvalue weighted by molar-refractivity contribution is 0.0762. The molecule has 1 aromatic heterocycles. The maximum atomic E-state index is 13.0. The molecule has 0 saturated carbocycles. The highest BCUT2D eigenvalue weighted by Gasteiger charge is 2.24. The normalized spacial score (nSPS) is 14.2. The van der Waals surface area contributed by atoms with Crippen LogP contribution in [0, 0.1) is 0 Å². The molecule has 0 atom stereocenters. The molecule has 1 fully saturated rings. The summed E-state index contributed by atoms with van der Waals surface area (Å²) in [5.41, 5.74) is 2.10. The van der Waals surface area contributed by atoms with E-state index >= 15 is 0 Å². The topological polar surface area (TPSA) is 70.5 Å². The molecule has 0 spiro atoms. The molecule has 1 aliphatic heterocycles. The number of hydrogen-bond acceptors (Lipinski definition) is 3. The van der Waals surface area contributed by atoms with Gasteiger partial charge in [-0.2, -0.15) is 5.10 Å². The monoisotopic (exact) mass is 471 g/mol. The Balaban J connectivity index is 1.35. The fourth-order valence-corrected chi connectivity index (χ4v) is 4.02. The maximum absolute atomic E-state index is 13.0. The minimum absolute atomic E-state index is 0.0903. The number of aromatic nitrogens is 2. The SMILES string of the molecule is O=C(Nc1cccc(Cl)c1)N1CCCN(C(=O)c2cnn(Cc3ccccc3Cl)c2)CC1. The third kappa shape index (κ3) is 5.41. The minimum atomic E-state index is -0.200. The molecule has 7 nitrogen and oxygen atoms in total. The summed E-state index contributed by atoms with van der Waals surface area (Å²) in [6.45, 7) is 2.55. The van der Waals surface area contributed by atoms with Crippen LogP contribution in [-0.4, -0.2) is 57.7 Å². The van der Waals surface area contributed by atoms with Crippen molar-refractivity contribution in [1.82, 2.24) is 19.6 Å². The van der Waals surface area contributed by atoms with Gasteiger partial charge in [0.25, 0.3) is 5.91 Å². The average Bonchev–Trinajstić information content (AvgIpc) is 3.09. The lowest BCUT2D eigenvalue weighted by atomic mass is 10.2. The summed E-state index contributed by atoms with van der Waals surface area (Å²) >= 11 is 12.2. The summed E-state index contributed by atoms with van der Waals surface area (Å²) in [6.07, 6.45) is 4.01. The molecular formula is C23H23Cl2N5O2. The van der Waals surface area contributed by atoms with E-state index < -0.39 is 0 Å². The molecule has 0 radical (unpaired) electrons. The molecule has 9 heteroatoms. The second-order valence-electron chi connectivity index (χ2n) is 7.59. The van der Waals surface area contributed by atoms with E-state index in [0.717, 1.165) is 5.56 Å². The van der Waals surface area contributed by atoms with Gasteiger partial charge in [-0.15, -0.1) is 0 Å². The van der Waals surface area contributed by atoms with Gasteiger partial charge in [-0.25, -0.2) is 4.79 Å². The average molecular weight is 472 g/mol. The van der Waals surface area contributed by atoms with Crippen molar-refractivity contribution in [3.05, 3.63) is 82.1 Å². The van der Waals surface area contributed by atoms with Gasteiger partial charge in [0.05, 0.1) is 18.3 Å². The predicted octanol–water partition coefficient (Wildman–Crippen LogP) is 4.62. The van der Waals surface area contributed by atoms with Crippen molar-refractivity contribution >= 4 is 40.8 Å². The highest BCUT2D eigenvalue weighted by Crippen LogP contribution is 2.18. The quantitative estimate of drug-likeness (QED) is 0.603. The molecule has 2 aromatic carbocycles. The fourth-order valence-electron chi connectivity index (χ4n) is 3.64. The van der Waals surface area contributed by atoms with Crippen LogP contribution in [0.4, 0.5) is 10.5 Å². The molecule has 1 saturated heterocycles. The summed E-state index contributed by atoms with van der Waals surface area (Å²) in [4.78, 5) is 29.1. The van der Waals surface area contributed by atoms with Gasteiger partial charge in [-0.05, 0) is 36.2 Å². The summed E-state index contributed by atoms with van der Waals surface area (Å²) in [7, 11) is 0. The second-order valence-corrected chi connectivity index (χ2v) is 8.43. The van der Waals surface area contributed by atoms with Crippen molar-refractivity contribution in [3.8, 4) is 0 Å². The van der Waals surface area contributed by atoms with Crippen LogP contribution >= 0.6 is 23.2 Å². The number of halogens is 2. The summed E-state index contributed by atoms with van der Waals surface area (Å²) in [5.74, 6) is -0.0903. The Labute approximate surface area is 196 Å². The molecule has 4 rings (SSSR count). The Morgan fingerprint density at radius 2 is 1.75 bits per heavy atom. The van der Waals surface area contributed by atoms with Gasteiger partial charge in [-0.3, -0.25) is 9.48 Å². The van der Waals surface area contributed by atoms with Gasteiger partial charge in [0.1, 0.15) is 0 Å². The summed E-state index contributed by atoms with van der Waals surface area (Å²) < 4.78 is 1.71. The molecule has 0 aliphatic carbocycles. The molecule has 32 heavy (non-hydrogen) atoms. The number of carbonyl (C=O) groups excluding carboxylic acids is 2. The van der Waals surface area contributed by atoms with E-state index in [2.05, 4.69) is 10.4 Å². The van der Waals surface area contributed by atoms with E-state index in [4.69, 9.17) is 23.2 Å². The zero-order chi connectivity index (χ0) is 22.5. The molecule has 1 N–H and O–H groups in total. The summed E-state index contributed by atoms with van der Waals surface area (Å²) in [6, 6.07) is 14.4. The van der Waals surface area contributed by atoms with E-state index in [9.17, 15) is 9.59 Å². The highest BCUT2D eigenvalue weighted by molar-refractivity contribution is 6.31. The Morgan fingerprint density at radius 3 is 2.56 bits per heavy atom. The van der Waals surface area contributed by atoms with Crippen molar-refractivity contribution in [3.63, 3.8) is 0 Å². The van der Waals surface area contributed by atoms with Crippen molar-refractivity contribution in [1.29, 1.82) is 0 Å². The van der Waals surface area contributed by atoms with Gasteiger partial charge in [0, 0.05) is 48.1 Å². The predicted molar refractivity (Wildman–Crippen MR) is 125 cm³/mol. The van der Waals surface area contributed by atoms with Crippen LogP contribution in [0.15, 0.2) is 60.9 Å². The van der Waals surface area contributed by atoms with Crippen molar-refractivity contribution < 1.29 is 9.59 Å². The molecule has 0 bridgehead atoms. The largest absolute Gasteiger partial charge is 0.337 e. The van der Waals surface area contributed by atoms with E-state index in [-0.39, 0.29) is 11.9 Å². The standard InChI is InChI=1S/C23H23Cl2N5O2/c24-19-6-3-7-20(13-19)27-23(32)29-10-4-9-28(11-12-29)22(31)18-14-26-30(16-18)15-17-5-1-2-8-21(17)25/h1-3,5-8,13-14,16H,4,9-12,15H2,(H,27,32). The molecule has 3 aromatic rings. The third-order valence-electron chi connectivity index (χ3n) is 5.32. The zero-order valence-corrected chi connectivity index (χ0v) is 18.9. The highest BCUT2D eigenvalue weighted by atomic mass is 35.5. The van der Waals surface area contributed by atoms with Gasteiger partial charge < -0.3 is 15.1 Å². The smallest absolute Gasteiger partial charge is 0.321 e. The van der Waals surface area contributed by atoms with Gasteiger partial charge in [0.2, 0.25) is 0 Å². The van der Waals surface area contributed by atoms with E-state index in [0.29, 0.717) is 60.4 Å². The van der Waals surface area contributed by atoms with Gasteiger partial charge >= 0.3 is 6.03 Å². The van der Waals surface area contributed by atoms with Crippen molar-refractivity contribution in [2.75, 3.05) is 31.5 Å². The number of carbonyl (C=O) groups is 2. The Bertz CT molecular complexity index is 1120. The molecular weight excluding hydrogens is 449 g/mol. The molecule has 166 valence electrons. The number of nitrogens with one attached hydrogen (secondary N) is 1. The van der Waals surface area contributed by atoms with Crippen LogP contribution in [0.1, 0.15) is 22.3 Å². The number of amides is 3. The third-order valence-corrected chi connectivity index (χ3v) is 5.92. The first kappa shape index (κ1) is 22.2. The fraction of sp³-hybridized carbons (Fsp3) is 0.261. The number of nitrogens with zero attached hydrogens (tertiary/aromatic N) is 4. The van der Waals surface area contributed by atoms with E-state index in [1.807, 2.05) is 24.3 Å². The number of rotatable bonds is 4. The maximum Gasteiger partial charge on any atom is 0.321 e. The Morgan fingerprint density at radius 1 is 0.969 bits per heavy atom. The first-order chi connectivity index (χ1) is 15.5. The van der Waals surface area contributed by atoms with E-state index in [1.54, 1.807) is 51.1 Å². The van der Waals surface area contributed by atoms with Gasteiger partial charge in [-0.1, -0.05) is 47.5 Å². The lowest BCUT2D eigenvalue weighted by Crippen LogP contribution is -2.39. The second kappa shape index (κ2) is 10.1. The molecule has 2 heterocycles. The van der Waals surface area contributed by atoms with Crippen LogP contribution in [-0.2, 0) is 6.54 Å². The number of hydrogen-bond donors (Lipinski definition) is 1. The van der Waals surface area contributed by atoms with E-state index in [1.165, 1.54) is 0 Å². The van der Waals surface area contributed by atoms with Crippen molar-refractivity contribution in [2.45, 2.75) is 13.0 Å². The van der Waals surface area contributed by atoms with Gasteiger partial charge in [0.15, 0.2) is 0 Å². The number of anilines is 1. The number of benzene rings is 2. The van der Waals surface area contributed by atoms with Crippen LogP contribution in [0.2, 0.25) is 10.0 Å². The van der Waals surface area contributed by atoms with Crippen LogP contribution in [0.25, 0.3) is 0 Å². The molecule has 0 unspecified atom stereocenters. The lowest BCUT2D eigenvalue weighted by Gasteiger charge is -2.22. The Hall–Kier alpha value is -3.03. The minimum Gasteiger partial charge on any atom is -0.337 e. The molecule has 1 aliphatic rings. The Kier molecular flexibility index (Phi) is 6.97. The van der Waals surface area contributed by atoms with Crippen LogP contribution in [0.5, 0.6) is 0 Å². The zero-order valence-electron chi connectivity index (χ0n) is 17.4. The first-order valence-electron chi connectivity index (χ1n) is 10.4. The van der Waals surface area contributed by atoms with Crippen molar-refractivity contribution in [2.24, 2.45) is 0 Å². The van der Waals surface area contributed by atoms with Crippen LogP contribution in [0.3, 0.4) is 0 Å². The summed E-state index contributed by atoms with van der Waals surface area (Å²) in [5, 5.41) is 8.40. The molecule has 3 amide bonds. The first-order valence-corrected chi connectivity index (χ1v) is 11.1. The number of urea groups is 1. The van der Waals surface area contributed by atoms with Crippen LogP contribution < -0.4 is 5.32 Å².